The minimum atomic E-state index is -0.0445. The minimum absolute atomic E-state index is 0. The molecule has 2 rings (SSSR count). The molecule has 1 fully saturated rings. The van der Waals surface area contributed by atoms with E-state index < -0.39 is 0 Å². The van der Waals surface area contributed by atoms with Gasteiger partial charge in [-0.05, 0) is 11.4 Å². The molecule has 2 heterocycles. The zero-order valence-corrected chi connectivity index (χ0v) is 12.6. The van der Waals surface area contributed by atoms with Crippen LogP contribution in [0.5, 0.6) is 5.75 Å². The molecule has 5 nitrogen and oxygen atoms in total. The third-order valence-electron chi connectivity index (χ3n) is 2.98. The van der Waals surface area contributed by atoms with E-state index >= 15 is 0 Å². The lowest BCUT2D eigenvalue weighted by Gasteiger charge is -2.27. The van der Waals surface area contributed by atoms with Crippen molar-refractivity contribution in [2.45, 2.75) is 0 Å². The highest BCUT2D eigenvalue weighted by Crippen LogP contribution is 2.23. The predicted octanol–water partition coefficient (Wildman–Crippen LogP) is 0.813. The number of hydrogen-bond acceptors (Lipinski definition) is 5. The van der Waals surface area contributed by atoms with Crippen LogP contribution in [0.15, 0.2) is 11.4 Å². The Morgan fingerprint density at radius 3 is 2.95 bits per heavy atom. The molecule has 19 heavy (non-hydrogen) atoms. The van der Waals surface area contributed by atoms with E-state index in [1.807, 2.05) is 11.4 Å². The van der Waals surface area contributed by atoms with E-state index in [9.17, 15) is 4.79 Å². The molecule has 1 aliphatic rings. The molecule has 0 radical (unpaired) electrons. The number of hydrogen-bond donors (Lipinski definition) is 2. The normalized spacial score (nSPS) is 15.6. The number of carbonyl (C=O) groups excluding carboxylic acids is 1. The van der Waals surface area contributed by atoms with E-state index in [-0.39, 0.29) is 18.3 Å². The average Bonchev–Trinajstić information content (AvgIpc) is 2.88. The lowest BCUT2D eigenvalue weighted by molar-refractivity contribution is 0.0948. The molecule has 1 aromatic rings. The number of rotatable bonds is 5. The lowest BCUT2D eigenvalue weighted by Crippen LogP contribution is -2.46. The second-order valence-corrected chi connectivity index (χ2v) is 5.08. The molecule has 108 valence electrons. The van der Waals surface area contributed by atoms with Gasteiger partial charge in [0, 0.05) is 39.3 Å². The molecular weight excluding hydrogens is 286 g/mol. The van der Waals surface area contributed by atoms with Crippen LogP contribution >= 0.6 is 23.7 Å². The standard InChI is InChI=1S/C12H19N3O2S.ClH/c1-17-10-2-9-18-11(10)12(16)14-5-8-15-6-3-13-4-7-15;/h2,9,13H,3-8H2,1H3,(H,14,16);1H. The van der Waals surface area contributed by atoms with E-state index in [0.717, 1.165) is 32.7 Å². The molecule has 2 N–H and O–H groups in total. The fraction of sp³-hybridized carbons (Fsp3) is 0.583. The summed E-state index contributed by atoms with van der Waals surface area (Å²) in [5.74, 6) is 0.608. The van der Waals surface area contributed by atoms with Gasteiger partial charge >= 0.3 is 0 Å². The SMILES string of the molecule is COc1ccsc1C(=O)NCCN1CCNCC1.Cl. The van der Waals surface area contributed by atoms with Crippen LogP contribution in [0, 0.1) is 0 Å². The predicted molar refractivity (Wildman–Crippen MR) is 79.8 cm³/mol. The summed E-state index contributed by atoms with van der Waals surface area (Å²) in [5.41, 5.74) is 0. The number of amides is 1. The van der Waals surface area contributed by atoms with Crippen LogP contribution in [0.25, 0.3) is 0 Å². The topological polar surface area (TPSA) is 53.6 Å². The van der Waals surface area contributed by atoms with Crippen LogP contribution in [0.4, 0.5) is 0 Å². The number of nitrogens with one attached hydrogen (secondary N) is 2. The molecule has 0 saturated carbocycles. The summed E-state index contributed by atoms with van der Waals surface area (Å²) in [6, 6.07) is 1.82. The van der Waals surface area contributed by atoms with Gasteiger partial charge in [-0.3, -0.25) is 9.69 Å². The minimum Gasteiger partial charge on any atom is -0.495 e. The van der Waals surface area contributed by atoms with Crippen molar-refractivity contribution in [1.82, 2.24) is 15.5 Å². The summed E-state index contributed by atoms with van der Waals surface area (Å²) >= 11 is 1.41. The Kier molecular flexibility index (Phi) is 7.15. The number of methoxy groups -OCH3 is 1. The zero-order chi connectivity index (χ0) is 12.8. The molecule has 0 aliphatic carbocycles. The molecule has 0 aromatic carbocycles. The molecule has 1 aliphatic heterocycles. The van der Waals surface area contributed by atoms with E-state index in [2.05, 4.69) is 15.5 Å². The smallest absolute Gasteiger partial charge is 0.265 e. The van der Waals surface area contributed by atoms with Crippen molar-refractivity contribution in [3.8, 4) is 5.75 Å². The highest BCUT2D eigenvalue weighted by Gasteiger charge is 2.14. The van der Waals surface area contributed by atoms with Crippen molar-refractivity contribution in [2.75, 3.05) is 46.4 Å². The lowest BCUT2D eigenvalue weighted by atomic mass is 10.3. The van der Waals surface area contributed by atoms with Crippen LogP contribution in [-0.4, -0.2) is 57.2 Å². The summed E-state index contributed by atoms with van der Waals surface area (Å²) in [7, 11) is 1.58. The molecule has 7 heteroatoms. The number of piperazine rings is 1. The van der Waals surface area contributed by atoms with Gasteiger partial charge in [0.2, 0.25) is 0 Å². The van der Waals surface area contributed by atoms with E-state index in [0.29, 0.717) is 17.2 Å². The van der Waals surface area contributed by atoms with Gasteiger partial charge in [0.05, 0.1) is 7.11 Å². The number of halogens is 1. The molecule has 0 atom stereocenters. The zero-order valence-electron chi connectivity index (χ0n) is 11.0. The molecule has 1 saturated heterocycles. The third kappa shape index (κ3) is 4.65. The van der Waals surface area contributed by atoms with Gasteiger partial charge in [-0.1, -0.05) is 0 Å². The maximum atomic E-state index is 11.9. The quantitative estimate of drug-likeness (QED) is 0.845. The van der Waals surface area contributed by atoms with E-state index in [1.165, 1.54) is 11.3 Å². The van der Waals surface area contributed by atoms with Crippen LogP contribution in [0.1, 0.15) is 9.67 Å². The number of carbonyl (C=O) groups is 1. The molecule has 0 bridgehead atoms. The van der Waals surface area contributed by atoms with Crippen molar-refractivity contribution >= 4 is 29.7 Å². The van der Waals surface area contributed by atoms with E-state index in [1.54, 1.807) is 7.11 Å². The van der Waals surface area contributed by atoms with Gasteiger partial charge in [-0.15, -0.1) is 23.7 Å². The molecule has 1 aromatic heterocycles. The molecule has 1 amide bonds. The molecule has 0 spiro atoms. The second kappa shape index (κ2) is 8.37. The molecule has 0 unspecified atom stereocenters. The van der Waals surface area contributed by atoms with Crippen molar-refractivity contribution in [1.29, 1.82) is 0 Å². The van der Waals surface area contributed by atoms with Crippen molar-refractivity contribution < 1.29 is 9.53 Å². The average molecular weight is 306 g/mol. The fourth-order valence-corrected chi connectivity index (χ4v) is 2.74. The van der Waals surface area contributed by atoms with E-state index in [4.69, 9.17) is 4.74 Å². The summed E-state index contributed by atoms with van der Waals surface area (Å²) < 4.78 is 5.13. The Balaban J connectivity index is 0.00000180. The highest BCUT2D eigenvalue weighted by atomic mass is 35.5. The molecular formula is C12H20ClN3O2S. The number of nitrogens with zero attached hydrogens (tertiary/aromatic N) is 1. The Hall–Kier alpha value is -0.820. The van der Waals surface area contributed by atoms with Crippen LogP contribution in [-0.2, 0) is 0 Å². The Morgan fingerprint density at radius 1 is 1.53 bits per heavy atom. The summed E-state index contributed by atoms with van der Waals surface area (Å²) in [4.78, 5) is 14.9. The van der Waals surface area contributed by atoms with Gasteiger partial charge in [0.1, 0.15) is 10.6 Å². The summed E-state index contributed by atoms with van der Waals surface area (Å²) in [5, 5.41) is 8.11. The summed E-state index contributed by atoms with van der Waals surface area (Å²) in [6.45, 7) is 5.76. The van der Waals surface area contributed by atoms with Gasteiger partial charge in [0.25, 0.3) is 5.91 Å². The first-order chi connectivity index (χ1) is 8.81. The maximum Gasteiger partial charge on any atom is 0.265 e. The first-order valence-corrected chi connectivity index (χ1v) is 7.02. The van der Waals surface area contributed by atoms with Gasteiger partial charge < -0.3 is 15.4 Å². The van der Waals surface area contributed by atoms with Crippen LogP contribution in [0.2, 0.25) is 0 Å². The first-order valence-electron chi connectivity index (χ1n) is 6.14. The Morgan fingerprint density at radius 2 is 2.26 bits per heavy atom. The van der Waals surface area contributed by atoms with Gasteiger partial charge in [-0.2, -0.15) is 0 Å². The fourth-order valence-electron chi connectivity index (χ4n) is 1.97. The van der Waals surface area contributed by atoms with Gasteiger partial charge in [0.15, 0.2) is 0 Å². The van der Waals surface area contributed by atoms with Crippen LogP contribution in [0.3, 0.4) is 0 Å². The monoisotopic (exact) mass is 305 g/mol. The third-order valence-corrected chi connectivity index (χ3v) is 3.87. The van der Waals surface area contributed by atoms with Crippen molar-refractivity contribution in [3.05, 3.63) is 16.3 Å². The first kappa shape index (κ1) is 16.2. The Labute approximate surface area is 123 Å². The summed E-state index contributed by atoms with van der Waals surface area (Å²) in [6.07, 6.45) is 0. The second-order valence-electron chi connectivity index (χ2n) is 4.17. The Bertz CT molecular complexity index is 394. The van der Waals surface area contributed by atoms with Gasteiger partial charge in [-0.25, -0.2) is 0 Å². The number of ether oxygens (including phenoxy) is 1. The highest BCUT2D eigenvalue weighted by molar-refractivity contribution is 7.12. The van der Waals surface area contributed by atoms with Crippen LogP contribution < -0.4 is 15.4 Å². The van der Waals surface area contributed by atoms with Crippen molar-refractivity contribution in [2.24, 2.45) is 0 Å². The largest absolute Gasteiger partial charge is 0.495 e. The maximum absolute atomic E-state index is 11.9. The van der Waals surface area contributed by atoms with Crippen molar-refractivity contribution in [3.63, 3.8) is 0 Å². The number of thiophene rings is 1.